The highest BCUT2D eigenvalue weighted by atomic mass is 16.6. The Bertz CT molecular complexity index is 1130. The van der Waals surface area contributed by atoms with Gasteiger partial charge < -0.3 is 56.9 Å². The van der Waals surface area contributed by atoms with Crippen molar-refractivity contribution < 1.29 is 43.7 Å². The van der Waals surface area contributed by atoms with E-state index in [1.54, 1.807) is 0 Å². The van der Waals surface area contributed by atoms with Crippen LogP contribution in [-0.2, 0) is 40.1 Å². The zero-order chi connectivity index (χ0) is 39.0. The second kappa shape index (κ2) is 26.5. The van der Waals surface area contributed by atoms with Crippen molar-refractivity contribution in [2.45, 2.75) is 106 Å². The maximum absolute atomic E-state index is 11.3. The highest BCUT2D eigenvalue weighted by molar-refractivity contribution is 5.76. The van der Waals surface area contributed by atoms with Crippen molar-refractivity contribution in [2.75, 3.05) is 61.5 Å². The van der Waals surface area contributed by atoms with Crippen molar-refractivity contribution in [3.63, 3.8) is 0 Å². The van der Waals surface area contributed by atoms with Crippen LogP contribution in [0.4, 0.5) is 0 Å². The molecule has 5 rings (SSSR count). The zero-order valence-corrected chi connectivity index (χ0v) is 32.0. The first-order valence-electron chi connectivity index (χ1n) is 18.5. The number of hydroxylamine groups is 1. The van der Waals surface area contributed by atoms with Gasteiger partial charge in [0.05, 0.1) is 20.8 Å². The maximum atomic E-state index is 11.3. The van der Waals surface area contributed by atoms with Gasteiger partial charge in [0.2, 0.25) is 0 Å². The van der Waals surface area contributed by atoms with Gasteiger partial charge in [-0.05, 0) is 78.1 Å². The molecule has 8 atom stereocenters. The third-order valence-electron chi connectivity index (χ3n) is 9.78. The number of aliphatic carboxylic acids is 2. The second-order valence-corrected chi connectivity index (χ2v) is 13.4. The Morgan fingerprint density at radius 1 is 0.585 bits per heavy atom. The number of methoxy groups -OCH3 is 2. The largest absolute Gasteiger partial charge is 0.480 e. The minimum Gasteiger partial charge on any atom is -0.480 e. The molecule has 302 valence electrons. The quantitative estimate of drug-likeness (QED) is 0.0997. The number of esters is 2. The average Bonchev–Trinajstić information content (AvgIpc) is 3.21. The number of piperidine rings is 4. The first-order chi connectivity index (χ1) is 25.5. The van der Waals surface area contributed by atoms with Gasteiger partial charge in [-0.1, -0.05) is 30.3 Å². The van der Waals surface area contributed by atoms with E-state index >= 15 is 0 Å². The van der Waals surface area contributed by atoms with Crippen molar-refractivity contribution in [2.24, 2.45) is 0 Å². The monoisotopic (exact) mass is 752 g/mol. The Morgan fingerprint density at radius 2 is 0.943 bits per heavy atom. The minimum atomic E-state index is -0.737. The van der Waals surface area contributed by atoms with Crippen LogP contribution in [0.2, 0.25) is 0 Å². The molecule has 0 aromatic heterocycles. The molecule has 0 spiro atoms. The van der Waals surface area contributed by atoms with Gasteiger partial charge in [-0.3, -0.25) is 24.0 Å². The van der Waals surface area contributed by atoms with Crippen LogP contribution in [-0.4, -0.2) is 144 Å². The van der Waals surface area contributed by atoms with Gasteiger partial charge in [0.1, 0.15) is 24.2 Å². The number of carboxylic acid groups (broad SMARTS) is 2. The molecule has 17 heteroatoms. The normalized spacial score (nSPS) is 28.2. The van der Waals surface area contributed by atoms with E-state index in [9.17, 15) is 19.2 Å². The van der Waals surface area contributed by atoms with Crippen LogP contribution in [0.5, 0.6) is 0 Å². The van der Waals surface area contributed by atoms with Crippen molar-refractivity contribution in [3.05, 3.63) is 35.9 Å². The first kappa shape index (κ1) is 45.9. The summed E-state index contributed by atoms with van der Waals surface area (Å²) < 4.78 is 9.35. The second-order valence-electron chi connectivity index (χ2n) is 13.4. The molecule has 0 unspecified atom stereocenters. The molecule has 17 nitrogen and oxygen atoms in total. The fourth-order valence-electron chi connectivity index (χ4n) is 6.19. The van der Waals surface area contributed by atoms with Crippen molar-refractivity contribution >= 4 is 23.9 Å². The molecule has 4 fully saturated rings. The van der Waals surface area contributed by atoms with Crippen LogP contribution in [0.3, 0.4) is 0 Å². The van der Waals surface area contributed by atoms with E-state index in [-0.39, 0.29) is 42.1 Å². The average molecular weight is 753 g/mol. The fourth-order valence-corrected chi connectivity index (χ4v) is 6.19. The van der Waals surface area contributed by atoms with E-state index < -0.39 is 11.9 Å². The lowest BCUT2D eigenvalue weighted by atomic mass is 10.0. The summed E-state index contributed by atoms with van der Waals surface area (Å²) >= 11 is 0. The molecule has 4 heterocycles. The van der Waals surface area contributed by atoms with Crippen LogP contribution >= 0.6 is 0 Å². The van der Waals surface area contributed by atoms with Crippen molar-refractivity contribution in [1.29, 1.82) is 0 Å². The summed E-state index contributed by atoms with van der Waals surface area (Å²) in [6.07, 6.45) is 6.88. The smallest absolute Gasteiger partial charge is 0.322 e. The summed E-state index contributed by atoms with van der Waals surface area (Å²) in [5, 5.41) is 38.8. The number of carbonyl (C=O) groups excluding carboxylic acids is 2. The van der Waals surface area contributed by atoms with Gasteiger partial charge >= 0.3 is 23.9 Å². The Labute approximate surface area is 313 Å². The van der Waals surface area contributed by atoms with Crippen molar-refractivity contribution in [1.82, 2.24) is 42.7 Å². The molecule has 4 saturated heterocycles. The van der Waals surface area contributed by atoms with Gasteiger partial charge in [-0.15, -0.1) is 0 Å². The predicted octanol–water partition coefficient (Wildman–Crippen LogP) is -0.677. The number of carboxylic acids is 2. The van der Waals surface area contributed by atoms with E-state index in [2.05, 4.69) is 47.4 Å². The lowest BCUT2D eigenvalue weighted by Crippen LogP contribution is -2.50. The van der Waals surface area contributed by atoms with Gasteiger partial charge in [-0.2, -0.15) is 5.48 Å². The number of rotatable bonds is 11. The third-order valence-corrected chi connectivity index (χ3v) is 9.78. The van der Waals surface area contributed by atoms with Crippen LogP contribution < -0.4 is 42.7 Å². The molecule has 10 N–H and O–H groups in total. The van der Waals surface area contributed by atoms with Gasteiger partial charge in [0, 0.05) is 50.3 Å². The number of carbonyl (C=O) groups is 4. The molecule has 0 aliphatic carbocycles. The van der Waals surface area contributed by atoms with Crippen LogP contribution in [0, 0.1) is 0 Å². The maximum Gasteiger partial charge on any atom is 0.322 e. The molecular formula is C36H64N8O9. The number of benzene rings is 1. The van der Waals surface area contributed by atoms with Crippen LogP contribution in [0.25, 0.3) is 0 Å². The summed E-state index contributed by atoms with van der Waals surface area (Å²) in [6.45, 7) is 3.60. The minimum absolute atomic E-state index is 0.0976. The number of hydrogen-bond acceptors (Lipinski definition) is 15. The van der Waals surface area contributed by atoms with E-state index in [1.165, 1.54) is 14.2 Å². The molecule has 0 saturated carbocycles. The standard InChI is InChI=1S/C14H20N2O3.C8H16N2O2.2C7H14N2O2/c1-18-14(17)13-8-7-12(9-15-13)16-19-10-11-5-3-2-4-6-11;1-9-6-3-4-7(10-5-6)8(11)12-2;2*1-8-5-2-3-6(7(10)11)9-4-5/h2-6,12-13,15-16H,7-10H2,1H3;6-7,9-10H,3-5H2,1-2H3;2*5-6,8-9H,2-4H2,1H3,(H,10,11)/t12-,13+;6-,7+;2*5-,6+/m1111/s1. The molecule has 1 aromatic rings. The lowest BCUT2D eigenvalue weighted by Gasteiger charge is -2.28. The number of ether oxygens (including phenoxy) is 2. The fraction of sp³-hybridized carbons (Fsp3) is 0.722. The van der Waals surface area contributed by atoms with Gasteiger partial charge in [0.15, 0.2) is 0 Å². The molecule has 0 radical (unpaired) electrons. The number of hydrogen-bond donors (Lipinski definition) is 10. The van der Waals surface area contributed by atoms with E-state index in [1.807, 2.05) is 51.5 Å². The summed E-state index contributed by atoms with van der Waals surface area (Å²) in [6, 6.07) is 10.6. The molecule has 0 amide bonds. The molecular weight excluding hydrogens is 688 g/mol. The van der Waals surface area contributed by atoms with Crippen molar-refractivity contribution in [3.8, 4) is 0 Å². The predicted molar refractivity (Wildman–Crippen MR) is 200 cm³/mol. The molecule has 53 heavy (non-hydrogen) atoms. The lowest BCUT2D eigenvalue weighted by molar-refractivity contribution is -0.144. The van der Waals surface area contributed by atoms with E-state index in [4.69, 9.17) is 19.8 Å². The Morgan fingerprint density at radius 3 is 1.25 bits per heavy atom. The topological polar surface area (TPSA) is 233 Å². The first-order valence-corrected chi connectivity index (χ1v) is 18.5. The Balaban J connectivity index is 0.000000253. The van der Waals surface area contributed by atoms with E-state index in [0.717, 1.165) is 76.6 Å². The molecule has 1 aromatic carbocycles. The Hall–Kier alpha value is -3.26. The zero-order valence-electron chi connectivity index (χ0n) is 32.0. The van der Waals surface area contributed by atoms with Crippen LogP contribution in [0.15, 0.2) is 30.3 Å². The summed E-state index contributed by atoms with van der Waals surface area (Å²) in [4.78, 5) is 48.8. The third kappa shape index (κ3) is 18.1. The van der Waals surface area contributed by atoms with Crippen LogP contribution in [0.1, 0.15) is 56.9 Å². The highest BCUT2D eigenvalue weighted by Crippen LogP contribution is 2.11. The molecule has 4 aliphatic rings. The summed E-state index contributed by atoms with van der Waals surface area (Å²) in [7, 11) is 8.57. The SMILES string of the molecule is CN[C@@H]1CC[C@@H](C(=O)O)NC1.CN[C@@H]1CC[C@@H](C(=O)O)NC1.CN[C@@H]1CC[C@@H](C(=O)OC)NC1.COC(=O)[C@@H]1CC[C@@H](NOCc2ccccc2)CN1. The number of likely N-dealkylation sites (N-methyl/N-ethyl adjacent to an activating group) is 3. The van der Waals surface area contributed by atoms with Gasteiger partial charge in [0.25, 0.3) is 0 Å². The highest BCUT2D eigenvalue weighted by Gasteiger charge is 2.27. The summed E-state index contributed by atoms with van der Waals surface area (Å²) in [5.74, 6) is -1.81. The van der Waals surface area contributed by atoms with Gasteiger partial charge in [-0.25, -0.2) is 0 Å². The molecule has 0 bridgehead atoms. The van der Waals surface area contributed by atoms with E-state index in [0.29, 0.717) is 31.3 Å². The Kier molecular flexibility index (Phi) is 23.0. The molecule has 4 aliphatic heterocycles. The number of nitrogens with one attached hydrogen (secondary N) is 8. The summed E-state index contributed by atoms with van der Waals surface area (Å²) in [5.41, 5.74) is 4.16.